The average Bonchev–Trinajstić information content (AvgIpc) is 3.30. The van der Waals surface area contributed by atoms with E-state index < -0.39 is 11.9 Å². The second-order valence-electron chi connectivity index (χ2n) is 10.0. The quantitative estimate of drug-likeness (QED) is 0.187. The second kappa shape index (κ2) is 11.6. The number of carbonyl (C=O) groups is 1. The molecule has 0 saturated carbocycles. The summed E-state index contributed by atoms with van der Waals surface area (Å²) in [4.78, 5) is 12.4. The van der Waals surface area contributed by atoms with Crippen LogP contribution >= 0.6 is 21.2 Å². The molecule has 0 radical (unpaired) electrons. The third kappa shape index (κ3) is 5.36. The first-order valence-electron chi connectivity index (χ1n) is 13.3. The highest BCUT2D eigenvalue weighted by Crippen LogP contribution is 2.45. The minimum Gasteiger partial charge on any atom is -0.478 e. The van der Waals surface area contributed by atoms with E-state index in [4.69, 9.17) is 0 Å². The molecule has 2 unspecified atom stereocenters. The second-order valence-corrected chi connectivity index (χ2v) is 11.6. The summed E-state index contributed by atoms with van der Waals surface area (Å²) in [7, 11) is 2.17. The lowest BCUT2D eigenvalue weighted by Gasteiger charge is -2.15. The van der Waals surface area contributed by atoms with Crippen LogP contribution in [0.4, 0.5) is 8.78 Å². The fourth-order valence-electron chi connectivity index (χ4n) is 5.26. The maximum absolute atomic E-state index is 14.7. The molecule has 1 heterocycles. The van der Waals surface area contributed by atoms with Crippen molar-refractivity contribution in [2.24, 2.45) is 0 Å². The lowest BCUT2D eigenvalue weighted by Crippen LogP contribution is -1.97. The van der Waals surface area contributed by atoms with E-state index in [9.17, 15) is 18.7 Å². The van der Waals surface area contributed by atoms with Crippen molar-refractivity contribution in [1.82, 2.24) is 3.97 Å². The zero-order chi connectivity index (χ0) is 29.4. The van der Waals surface area contributed by atoms with Crippen LogP contribution < -0.4 is 0 Å². The molecule has 5 aromatic carbocycles. The van der Waals surface area contributed by atoms with Gasteiger partial charge in [-0.2, -0.15) is 0 Å². The maximum atomic E-state index is 14.7. The topological polar surface area (TPSA) is 42.2 Å². The van der Waals surface area contributed by atoms with Crippen LogP contribution in [0.5, 0.6) is 0 Å². The van der Waals surface area contributed by atoms with Crippen LogP contribution in [0, 0.1) is 12.7 Å². The number of fused-ring (bicyclic) bond motifs is 1. The molecule has 6 aromatic rings. The molecule has 1 N–H and O–H groups in total. The first-order valence-corrected chi connectivity index (χ1v) is 14.8. The smallest absolute Gasteiger partial charge is 0.335 e. The Morgan fingerprint density at radius 3 is 2.24 bits per heavy atom. The predicted octanol–water partition coefficient (Wildman–Crippen LogP) is 10.2. The van der Waals surface area contributed by atoms with Crippen molar-refractivity contribution in [2.75, 3.05) is 0 Å². The van der Waals surface area contributed by atoms with Crippen LogP contribution in [0.15, 0.2) is 120 Å². The van der Waals surface area contributed by atoms with Crippen molar-refractivity contribution in [3.05, 3.63) is 138 Å². The monoisotopic (exact) mass is 593 g/mol. The number of rotatable bonds is 7. The van der Waals surface area contributed by atoms with Gasteiger partial charge in [-0.05, 0) is 95.2 Å². The van der Waals surface area contributed by atoms with Gasteiger partial charge in [-0.15, -0.1) is 0 Å². The molecule has 1 aromatic heterocycles. The van der Waals surface area contributed by atoms with Crippen LogP contribution in [0.2, 0.25) is 0 Å². The van der Waals surface area contributed by atoms with E-state index in [0.717, 1.165) is 54.9 Å². The number of halogens is 2. The number of aromatic carboxylic acids is 1. The minimum atomic E-state index is -1.14. The Labute approximate surface area is 249 Å². The number of hydrogen-bond donors (Lipinski definition) is 1. The number of benzene rings is 5. The maximum Gasteiger partial charge on any atom is 0.335 e. The average molecular weight is 594 g/mol. The van der Waals surface area contributed by atoms with Gasteiger partial charge in [-0.25, -0.2) is 13.6 Å². The van der Waals surface area contributed by atoms with E-state index in [1.54, 1.807) is 36.4 Å². The van der Waals surface area contributed by atoms with Crippen molar-refractivity contribution >= 4 is 38.1 Å². The summed E-state index contributed by atoms with van der Waals surface area (Å²) in [5.74, 6) is -2.43. The molecule has 0 bridgehead atoms. The van der Waals surface area contributed by atoms with Crippen molar-refractivity contribution < 1.29 is 18.7 Å². The van der Waals surface area contributed by atoms with E-state index >= 15 is 0 Å². The van der Waals surface area contributed by atoms with Gasteiger partial charge in [0.15, 0.2) is 0 Å². The molecule has 3 nitrogen and oxygen atoms in total. The number of aromatic nitrogens is 1. The normalized spacial score (nSPS) is 12.0. The van der Waals surface area contributed by atoms with E-state index in [0.29, 0.717) is 5.56 Å². The summed E-state index contributed by atoms with van der Waals surface area (Å²) >= 11 is 1.49. The van der Waals surface area contributed by atoms with E-state index in [1.807, 2.05) is 73.7 Å². The molecule has 0 amide bonds. The van der Waals surface area contributed by atoms with Gasteiger partial charge >= 0.3 is 5.97 Å². The van der Waals surface area contributed by atoms with Crippen molar-refractivity contribution in [2.45, 2.75) is 17.7 Å². The molecule has 0 aliphatic heterocycles. The van der Waals surface area contributed by atoms with Crippen LogP contribution in [-0.2, 0) is 0 Å². The summed E-state index contributed by atoms with van der Waals surface area (Å²) in [6.07, 6.45) is 0. The first kappa shape index (κ1) is 27.9. The van der Waals surface area contributed by atoms with Gasteiger partial charge in [-0.1, -0.05) is 76.0 Å². The number of aryl methyl sites for hydroxylation is 1. The Bertz CT molecular complexity index is 1940. The highest BCUT2D eigenvalue weighted by atomic mass is 32.2. The van der Waals surface area contributed by atoms with Gasteiger partial charge in [0.2, 0.25) is 0 Å². The summed E-state index contributed by atoms with van der Waals surface area (Å²) in [6, 6.07) is 35.3. The molecule has 6 rings (SSSR count). The summed E-state index contributed by atoms with van der Waals surface area (Å²) < 4.78 is 30.7. The van der Waals surface area contributed by atoms with Gasteiger partial charge in [0.25, 0.3) is 0 Å². The van der Waals surface area contributed by atoms with Gasteiger partial charge < -0.3 is 5.11 Å². The predicted molar refractivity (Wildman–Crippen MR) is 171 cm³/mol. The highest BCUT2D eigenvalue weighted by molar-refractivity contribution is 7.98. The number of carboxylic acids is 1. The Hall–Kier alpha value is -4.25. The third-order valence-corrected chi connectivity index (χ3v) is 8.69. The van der Waals surface area contributed by atoms with Crippen molar-refractivity contribution in [3.8, 4) is 33.5 Å². The summed E-state index contributed by atoms with van der Waals surface area (Å²) in [5, 5.41) is 10.2. The Kier molecular flexibility index (Phi) is 7.68. The van der Waals surface area contributed by atoms with Gasteiger partial charge in [0.05, 0.1) is 16.8 Å². The fourth-order valence-corrected chi connectivity index (χ4v) is 6.50. The molecule has 7 heteroatoms. The molecular formula is C35H26F2NO2PS. The Morgan fingerprint density at radius 1 is 0.833 bits per heavy atom. The van der Waals surface area contributed by atoms with Crippen molar-refractivity contribution in [3.63, 3.8) is 0 Å². The summed E-state index contributed by atoms with van der Waals surface area (Å²) in [6.45, 7) is 1.90. The molecule has 0 aliphatic carbocycles. The zero-order valence-corrected chi connectivity index (χ0v) is 24.6. The van der Waals surface area contributed by atoms with Crippen LogP contribution in [0.3, 0.4) is 0 Å². The number of carboxylic acid groups (broad SMARTS) is 1. The highest BCUT2D eigenvalue weighted by Gasteiger charge is 2.22. The Balaban J connectivity index is 1.59. The molecule has 42 heavy (non-hydrogen) atoms. The largest absolute Gasteiger partial charge is 0.478 e. The molecule has 0 spiro atoms. The molecule has 208 valence electrons. The van der Waals surface area contributed by atoms with Crippen molar-refractivity contribution in [1.29, 1.82) is 0 Å². The molecule has 2 atom stereocenters. The van der Waals surface area contributed by atoms with E-state index in [1.165, 1.54) is 18.0 Å². The fraction of sp³-hybridized carbons (Fsp3) is 0.0571. The standard InChI is InChI=1S/C35H26F2NO2PS/c1-21-18-26(35(39)40)12-16-29(21)24-8-5-9-25(19-24)33-32(22-6-3-2-4-7-22)30-20-27(36)13-17-31(30)38(33)42-28-14-10-23(11-15-28)34(37)41/h2-20,34H,41H2,1H3,(H,39,40). The SMILES string of the molecule is Cc1cc(C(=O)O)ccc1-c1cccc(-c2c(-c3ccccc3)c3cc(F)ccc3n2Sc2ccc(C(F)P)cc2)c1. The minimum absolute atomic E-state index is 0.240. The number of hydrogen-bond acceptors (Lipinski definition) is 2. The number of alkyl halides is 1. The summed E-state index contributed by atoms with van der Waals surface area (Å²) in [5.41, 5.74) is 8.05. The zero-order valence-electron chi connectivity index (χ0n) is 22.6. The Morgan fingerprint density at radius 2 is 1.55 bits per heavy atom. The first-order chi connectivity index (χ1) is 20.3. The number of nitrogens with zero attached hydrogens (tertiary/aromatic N) is 1. The molecule has 0 saturated heterocycles. The lowest BCUT2D eigenvalue weighted by molar-refractivity contribution is 0.0696. The van der Waals surface area contributed by atoms with Crippen LogP contribution in [0.1, 0.15) is 27.4 Å². The third-order valence-electron chi connectivity index (χ3n) is 7.26. The van der Waals surface area contributed by atoms with Crippen LogP contribution in [0.25, 0.3) is 44.4 Å². The molecule has 0 aliphatic rings. The molecular weight excluding hydrogens is 567 g/mol. The lowest BCUT2D eigenvalue weighted by atomic mass is 9.94. The van der Waals surface area contributed by atoms with Gasteiger partial charge in [-0.3, -0.25) is 3.97 Å². The molecule has 0 fully saturated rings. The van der Waals surface area contributed by atoms with Gasteiger partial charge in [0, 0.05) is 21.4 Å². The van der Waals surface area contributed by atoms with Gasteiger partial charge in [0.1, 0.15) is 11.7 Å². The van der Waals surface area contributed by atoms with E-state index in [2.05, 4.69) is 19.3 Å². The van der Waals surface area contributed by atoms with Crippen LogP contribution in [-0.4, -0.2) is 15.0 Å². The van der Waals surface area contributed by atoms with E-state index in [-0.39, 0.29) is 11.4 Å².